The van der Waals surface area contributed by atoms with E-state index in [1.165, 1.54) is 51.2 Å². The highest BCUT2D eigenvalue weighted by Gasteiger charge is 2.61. The van der Waals surface area contributed by atoms with E-state index in [4.69, 9.17) is 5.73 Å². The Kier molecular flexibility index (Phi) is 5.34. The molecule has 1 aromatic carbocycles. The minimum atomic E-state index is -1.38. The number of aliphatic carboxylic acids is 1. The molecule has 3 aromatic rings. The molecule has 2 aliphatic rings. The van der Waals surface area contributed by atoms with Crippen LogP contribution in [-0.4, -0.2) is 66.7 Å². The van der Waals surface area contributed by atoms with Gasteiger partial charge in [-0.2, -0.15) is 0 Å². The Bertz CT molecular complexity index is 1250. The number of nitrogens with zero attached hydrogens (tertiary/aromatic N) is 5. The maximum atomic E-state index is 13.1. The van der Waals surface area contributed by atoms with E-state index in [0.717, 1.165) is 5.56 Å². The van der Waals surface area contributed by atoms with Crippen LogP contribution >= 0.6 is 34.4 Å². The summed E-state index contributed by atoms with van der Waals surface area (Å²) in [5.74, 6) is -1.19. The van der Waals surface area contributed by atoms with E-state index >= 15 is 0 Å². The maximum Gasteiger partial charge on any atom is 0.319 e. The van der Waals surface area contributed by atoms with E-state index in [0.29, 0.717) is 21.0 Å². The second-order valence-electron chi connectivity index (χ2n) is 7.71. The summed E-state index contributed by atoms with van der Waals surface area (Å²) in [6, 6.07) is 8.65. The molecule has 2 aliphatic heterocycles. The topological polar surface area (TPSA) is 143 Å². The first-order chi connectivity index (χ1) is 15.8. The lowest BCUT2D eigenvalue weighted by atomic mass is 9.87. The number of fused-ring (bicyclic) bond motifs is 1. The number of rotatable bonds is 5. The Labute approximate surface area is 200 Å². The molecule has 5 rings (SSSR count). The summed E-state index contributed by atoms with van der Waals surface area (Å²) < 4.78 is 0. The zero-order chi connectivity index (χ0) is 23.3. The van der Waals surface area contributed by atoms with Crippen molar-refractivity contribution in [2.75, 3.05) is 22.9 Å². The highest BCUT2D eigenvalue weighted by Crippen LogP contribution is 2.47. The number of hydrogen-bond donors (Lipinski definition) is 2. The van der Waals surface area contributed by atoms with Crippen LogP contribution in [0.15, 0.2) is 35.7 Å². The number of amides is 2. The molecular weight excluding hydrogens is 484 g/mol. The van der Waals surface area contributed by atoms with Crippen LogP contribution in [0.4, 0.5) is 10.9 Å². The van der Waals surface area contributed by atoms with Crippen LogP contribution in [0.25, 0.3) is 10.6 Å². The van der Waals surface area contributed by atoms with Crippen LogP contribution in [-0.2, 0) is 19.8 Å². The normalized spacial score (nSPS) is 24.2. The SMILES string of the molecule is CC(=O)N(c1csc(N)n1)C1C(=O)N2CC(C(=O)O)(c3nnc(-c4ccccc4)s3)CS[C@H]12. The van der Waals surface area contributed by atoms with E-state index in [2.05, 4.69) is 15.2 Å². The summed E-state index contributed by atoms with van der Waals surface area (Å²) in [6.45, 7) is 1.33. The van der Waals surface area contributed by atoms with E-state index in [1.54, 1.807) is 5.38 Å². The number of nitrogen functional groups attached to an aromatic ring is 1. The third-order valence-electron chi connectivity index (χ3n) is 5.69. The monoisotopic (exact) mass is 502 g/mol. The molecule has 0 saturated carbocycles. The van der Waals surface area contributed by atoms with Crippen LogP contribution < -0.4 is 10.6 Å². The number of nitrogens with two attached hydrogens (primary N) is 1. The van der Waals surface area contributed by atoms with E-state index in [1.807, 2.05) is 30.3 Å². The Hall–Kier alpha value is -3.03. The molecule has 2 unspecified atom stereocenters. The number of carboxylic acids is 1. The van der Waals surface area contributed by atoms with Gasteiger partial charge in [0.05, 0.1) is 0 Å². The Morgan fingerprint density at radius 3 is 2.67 bits per heavy atom. The number of aromatic nitrogens is 3. The van der Waals surface area contributed by atoms with Crippen molar-refractivity contribution in [1.82, 2.24) is 20.1 Å². The molecule has 0 bridgehead atoms. The van der Waals surface area contributed by atoms with Crippen LogP contribution in [0.3, 0.4) is 0 Å². The molecule has 2 amide bonds. The summed E-state index contributed by atoms with van der Waals surface area (Å²) in [5, 5.41) is 21.1. The number of carboxylic acid groups (broad SMARTS) is 1. The Morgan fingerprint density at radius 2 is 2.03 bits per heavy atom. The summed E-state index contributed by atoms with van der Waals surface area (Å²) in [4.78, 5) is 44.9. The van der Waals surface area contributed by atoms with Crippen molar-refractivity contribution >= 4 is 63.2 Å². The van der Waals surface area contributed by atoms with Crippen molar-refractivity contribution in [1.29, 1.82) is 0 Å². The van der Waals surface area contributed by atoms with Crippen molar-refractivity contribution in [2.24, 2.45) is 0 Å². The van der Waals surface area contributed by atoms with Crippen molar-refractivity contribution in [3.8, 4) is 10.6 Å². The quantitative estimate of drug-likeness (QED) is 0.500. The minimum Gasteiger partial charge on any atom is -0.480 e. The molecule has 3 N–H and O–H groups in total. The minimum absolute atomic E-state index is 0.0380. The van der Waals surface area contributed by atoms with Crippen LogP contribution in [0, 0.1) is 0 Å². The molecule has 3 atom stereocenters. The average molecular weight is 503 g/mol. The molecule has 4 heterocycles. The molecule has 2 saturated heterocycles. The van der Waals surface area contributed by atoms with Gasteiger partial charge in [0.1, 0.15) is 32.7 Å². The van der Waals surface area contributed by atoms with Crippen LogP contribution in [0.5, 0.6) is 0 Å². The summed E-state index contributed by atoms with van der Waals surface area (Å²) >= 11 is 3.72. The van der Waals surface area contributed by atoms with E-state index in [-0.39, 0.29) is 29.5 Å². The fourth-order valence-electron chi connectivity index (χ4n) is 4.01. The third kappa shape index (κ3) is 3.47. The molecule has 33 heavy (non-hydrogen) atoms. The standard InChI is InChI=1S/C20H18N6O4S3/c1-10(27)26(12-7-31-19(21)22-12)13-15(28)25-8-20(18(29)30,9-32-16(13)25)17-24-23-14(33-17)11-5-3-2-4-6-11/h2-7,13,16H,8-9H2,1H3,(H2,21,22)(H,29,30)/t13?,16-,20?/m1/s1. The van der Waals surface area contributed by atoms with Gasteiger partial charge in [-0.15, -0.1) is 33.3 Å². The lowest BCUT2D eigenvalue weighted by Gasteiger charge is -2.55. The molecule has 10 nitrogen and oxygen atoms in total. The second-order valence-corrected chi connectivity index (χ2v) is 10.7. The number of thioether (sulfide) groups is 1. The highest BCUT2D eigenvalue weighted by molar-refractivity contribution is 8.00. The third-order valence-corrected chi connectivity index (χ3v) is 9.04. The largest absolute Gasteiger partial charge is 0.480 e. The predicted octanol–water partition coefficient (Wildman–Crippen LogP) is 1.90. The number of benzene rings is 1. The van der Waals surface area contributed by atoms with E-state index < -0.39 is 17.4 Å². The zero-order valence-corrected chi connectivity index (χ0v) is 19.7. The zero-order valence-electron chi connectivity index (χ0n) is 17.2. The average Bonchev–Trinajstić information content (AvgIpc) is 3.46. The highest BCUT2D eigenvalue weighted by atomic mass is 32.2. The molecule has 0 spiro atoms. The number of thiazole rings is 1. The number of hydrogen-bond acceptors (Lipinski definition) is 10. The van der Waals surface area contributed by atoms with Crippen LogP contribution in [0.1, 0.15) is 11.9 Å². The predicted molar refractivity (Wildman–Crippen MR) is 126 cm³/mol. The fraction of sp³-hybridized carbons (Fsp3) is 0.300. The van der Waals surface area contributed by atoms with Gasteiger partial charge in [-0.05, 0) is 0 Å². The number of β-lactam (4-membered cyclic amide) rings is 1. The van der Waals surface area contributed by atoms with Gasteiger partial charge >= 0.3 is 5.97 Å². The Morgan fingerprint density at radius 1 is 1.27 bits per heavy atom. The molecule has 170 valence electrons. The summed E-state index contributed by atoms with van der Waals surface area (Å²) in [5.41, 5.74) is 5.19. The lowest BCUT2D eigenvalue weighted by molar-refractivity contribution is -0.153. The van der Waals surface area contributed by atoms with Crippen molar-refractivity contribution < 1.29 is 19.5 Å². The first-order valence-corrected chi connectivity index (χ1v) is 12.6. The van der Waals surface area contributed by atoms with Gasteiger partial charge in [0.2, 0.25) is 11.8 Å². The molecule has 13 heteroatoms. The molecular formula is C20H18N6O4S3. The summed E-state index contributed by atoms with van der Waals surface area (Å²) in [6.07, 6.45) is 0. The first kappa shape index (κ1) is 21.8. The number of anilines is 2. The number of carbonyl (C=O) groups excluding carboxylic acids is 2. The van der Waals surface area contributed by atoms with Gasteiger partial charge in [-0.3, -0.25) is 19.3 Å². The van der Waals surface area contributed by atoms with Gasteiger partial charge in [-0.25, -0.2) is 4.98 Å². The molecule has 0 radical (unpaired) electrons. The van der Waals surface area contributed by atoms with E-state index in [9.17, 15) is 19.5 Å². The fourth-order valence-corrected chi connectivity index (χ4v) is 7.25. The van der Waals surface area contributed by atoms with Gasteiger partial charge in [-0.1, -0.05) is 41.7 Å². The smallest absolute Gasteiger partial charge is 0.319 e. The van der Waals surface area contributed by atoms with Gasteiger partial charge < -0.3 is 15.7 Å². The lowest BCUT2D eigenvalue weighted by Crippen LogP contribution is -2.75. The number of carbonyl (C=O) groups is 3. The van der Waals surface area contributed by atoms with Crippen molar-refractivity contribution in [2.45, 2.75) is 23.8 Å². The second kappa shape index (κ2) is 8.08. The van der Waals surface area contributed by atoms with Gasteiger partial charge in [0.15, 0.2) is 5.13 Å². The maximum absolute atomic E-state index is 13.1. The summed E-state index contributed by atoms with van der Waals surface area (Å²) in [7, 11) is 0. The van der Waals surface area contributed by atoms with Crippen molar-refractivity contribution in [3.05, 3.63) is 40.7 Å². The first-order valence-electron chi connectivity index (χ1n) is 9.87. The molecule has 0 aliphatic carbocycles. The van der Waals surface area contributed by atoms with Crippen molar-refractivity contribution in [3.63, 3.8) is 0 Å². The van der Waals surface area contributed by atoms with Gasteiger partial charge in [0, 0.05) is 30.2 Å². The molecule has 2 fully saturated rings. The Balaban J connectivity index is 1.42. The molecule has 2 aromatic heterocycles. The van der Waals surface area contributed by atoms with Crippen LogP contribution in [0.2, 0.25) is 0 Å². The van der Waals surface area contributed by atoms with Gasteiger partial charge in [0.25, 0.3) is 0 Å².